The van der Waals surface area contributed by atoms with Crippen LogP contribution >= 0.6 is 0 Å². The number of methoxy groups -OCH3 is 1. The van der Waals surface area contributed by atoms with E-state index in [0.29, 0.717) is 12.3 Å². The van der Waals surface area contributed by atoms with Crippen molar-refractivity contribution in [1.82, 2.24) is 10.2 Å². The number of hydrogen-bond acceptors (Lipinski definition) is 3. The molecule has 23 heavy (non-hydrogen) atoms. The number of halogens is 1. The topological polar surface area (TPSA) is 41.6 Å². The van der Waals surface area contributed by atoms with Crippen molar-refractivity contribution in [2.24, 2.45) is 0 Å². The van der Waals surface area contributed by atoms with Gasteiger partial charge in [-0.2, -0.15) is 0 Å². The van der Waals surface area contributed by atoms with Crippen molar-refractivity contribution in [2.45, 2.75) is 44.1 Å². The van der Waals surface area contributed by atoms with Gasteiger partial charge >= 0.3 is 0 Å². The molecule has 0 spiro atoms. The Bertz CT molecular complexity index is 538. The molecule has 0 aliphatic heterocycles. The molecule has 0 atom stereocenters. The largest absolute Gasteiger partial charge is 0.497 e. The molecule has 4 nitrogen and oxygen atoms in total. The van der Waals surface area contributed by atoms with Gasteiger partial charge in [0.25, 0.3) is 5.91 Å². The summed E-state index contributed by atoms with van der Waals surface area (Å²) in [7, 11) is 5.60. The zero-order valence-electron chi connectivity index (χ0n) is 14.3. The van der Waals surface area contributed by atoms with Crippen molar-refractivity contribution in [3.63, 3.8) is 0 Å². The molecule has 1 amide bonds. The molecule has 1 fully saturated rings. The van der Waals surface area contributed by atoms with Gasteiger partial charge in [-0.25, -0.2) is 4.39 Å². The van der Waals surface area contributed by atoms with Crippen molar-refractivity contribution in [3.05, 3.63) is 29.6 Å². The number of benzene rings is 1. The lowest BCUT2D eigenvalue weighted by Gasteiger charge is -2.39. The zero-order chi connectivity index (χ0) is 16.9. The first-order chi connectivity index (χ1) is 11.0. The maximum absolute atomic E-state index is 14.0. The van der Waals surface area contributed by atoms with Crippen molar-refractivity contribution in [1.29, 1.82) is 0 Å². The van der Waals surface area contributed by atoms with Crippen LogP contribution in [0.4, 0.5) is 4.39 Å². The number of likely N-dealkylation sites (N-methyl/N-ethyl adjacent to an activating group) is 1. The second kappa shape index (κ2) is 7.77. The number of amides is 1. The molecule has 0 heterocycles. The van der Waals surface area contributed by atoms with Gasteiger partial charge in [-0.1, -0.05) is 25.7 Å². The van der Waals surface area contributed by atoms with Crippen LogP contribution in [0.3, 0.4) is 0 Å². The Hall–Kier alpha value is -1.62. The Morgan fingerprint density at radius 1 is 1.26 bits per heavy atom. The van der Waals surface area contributed by atoms with Crippen LogP contribution in [0.25, 0.3) is 0 Å². The van der Waals surface area contributed by atoms with Crippen LogP contribution in [0, 0.1) is 5.82 Å². The summed E-state index contributed by atoms with van der Waals surface area (Å²) >= 11 is 0. The van der Waals surface area contributed by atoms with Crippen molar-refractivity contribution in [3.8, 4) is 5.75 Å². The van der Waals surface area contributed by atoms with Crippen LogP contribution in [-0.4, -0.2) is 44.1 Å². The van der Waals surface area contributed by atoms with E-state index in [9.17, 15) is 9.18 Å². The van der Waals surface area contributed by atoms with Crippen molar-refractivity contribution >= 4 is 5.91 Å². The highest BCUT2D eigenvalue weighted by Gasteiger charge is 2.33. The normalized spacial score (nSPS) is 17.6. The van der Waals surface area contributed by atoms with E-state index in [4.69, 9.17) is 4.74 Å². The van der Waals surface area contributed by atoms with Gasteiger partial charge in [0.15, 0.2) is 0 Å². The summed E-state index contributed by atoms with van der Waals surface area (Å²) in [6.07, 6.45) is 6.96. The molecule has 1 aliphatic rings. The molecule has 128 valence electrons. The summed E-state index contributed by atoms with van der Waals surface area (Å²) in [5.74, 6) is -0.509. The minimum atomic E-state index is -0.554. The highest BCUT2D eigenvalue weighted by atomic mass is 19.1. The first-order valence-corrected chi connectivity index (χ1v) is 8.28. The highest BCUT2D eigenvalue weighted by Crippen LogP contribution is 2.30. The van der Waals surface area contributed by atoms with Gasteiger partial charge < -0.3 is 15.0 Å². The summed E-state index contributed by atoms with van der Waals surface area (Å²) in [6, 6.07) is 4.31. The van der Waals surface area contributed by atoms with Crippen LogP contribution < -0.4 is 10.1 Å². The molecule has 0 bridgehead atoms. The number of ether oxygens (including phenoxy) is 1. The van der Waals surface area contributed by atoms with E-state index >= 15 is 0 Å². The number of rotatable bonds is 5. The second-order valence-corrected chi connectivity index (χ2v) is 6.56. The summed E-state index contributed by atoms with van der Waals surface area (Å²) in [4.78, 5) is 14.6. The Labute approximate surface area is 138 Å². The van der Waals surface area contributed by atoms with Crippen LogP contribution in [0.5, 0.6) is 5.75 Å². The van der Waals surface area contributed by atoms with Gasteiger partial charge in [-0.15, -0.1) is 0 Å². The summed E-state index contributed by atoms with van der Waals surface area (Å²) < 4.78 is 19.0. The van der Waals surface area contributed by atoms with Crippen LogP contribution in [0.15, 0.2) is 18.2 Å². The van der Waals surface area contributed by atoms with Crippen molar-refractivity contribution < 1.29 is 13.9 Å². The van der Waals surface area contributed by atoms with E-state index in [1.54, 1.807) is 6.07 Å². The fourth-order valence-electron chi connectivity index (χ4n) is 3.32. The second-order valence-electron chi connectivity index (χ2n) is 6.56. The smallest absolute Gasteiger partial charge is 0.254 e. The molecular weight excluding hydrogens is 295 g/mol. The van der Waals surface area contributed by atoms with E-state index < -0.39 is 5.82 Å². The Morgan fingerprint density at radius 2 is 1.91 bits per heavy atom. The van der Waals surface area contributed by atoms with Gasteiger partial charge in [-0.05, 0) is 39.1 Å². The predicted octanol–water partition coefficient (Wildman–Crippen LogP) is 3.22. The van der Waals surface area contributed by atoms with Gasteiger partial charge in [0, 0.05) is 18.2 Å². The Balaban J connectivity index is 2.07. The van der Waals surface area contributed by atoms with E-state index in [0.717, 1.165) is 12.8 Å². The number of hydrogen-bond donors (Lipinski definition) is 1. The van der Waals surface area contributed by atoms with E-state index in [1.165, 1.54) is 44.9 Å². The molecule has 0 saturated heterocycles. The molecule has 1 saturated carbocycles. The Morgan fingerprint density at radius 3 is 2.43 bits per heavy atom. The maximum Gasteiger partial charge on any atom is 0.254 e. The summed E-state index contributed by atoms with van der Waals surface area (Å²) in [6.45, 7) is 0.546. The fourth-order valence-corrected chi connectivity index (χ4v) is 3.32. The Kier molecular flexibility index (Phi) is 5.99. The zero-order valence-corrected chi connectivity index (χ0v) is 14.3. The number of nitrogens with zero attached hydrogens (tertiary/aromatic N) is 1. The molecule has 0 aromatic heterocycles. The molecule has 1 aromatic rings. The van der Waals surface area contributed by atoms with Crippen LogP contribution in [-0.2, 0) is 0 Å². The SMILES string of the molecule is COc1ccc(C(=O)NCC2(N(C)C)CCCCCC2)c(F)c1. The molecule has 0 radical (unpaired) electrons. The lowest BCUT2D eigenvalue weighted by Crippen LogP contribution is -2.52. The molecule has 5 heteroatoms. The van der Waals surface area contributed by atoms with E-state index in [-0.39, 0.29) is 17.0 Å². The number of carbonyl (C=O) groups excluding carboxylic acids is 1. The minimum Gasteiger partial charge on any atom is -0.497 e. The summed E-state index contributed by atoms with van der Waals surface area (Å²) in [5.41, 5.74) is 0.0306. The molecular formula is C18H27FN2O2. The van der Waals surface area contributed by atoms with Crippen molar-refractivity contribution in [2.75, 3.05) is 27.7 Å². The van der Waals surface area contributed by atoms with Gasteiger partial charge in [0.1, 0.15) is 11.6 Å². The molecule has 2 rings (SSSR count). The van der Waals surface area contributed by atoms with Gasteiger partial charge in [0.2, 0.25) is 0 Å². The third kappa shape index (κ3) is 4.22. The average Bonchev–Trinajstić information content (AvgIpc) is 2.79. The van der Waals surface area contributed by atoms with Crippen LogP contribution in [0.2, 0.25) is 0 Å². The van der Waals surface area contributed by atoms with E-state index in [1.807, 2.05) is 0 Å². The molecule has 0 unspecified atom stereocenters. The predicted molar refractivity (Wildman–Crippen MR) is 89.4 cm³/mol. The molecule has 1 aliphatic carbocycles. The number of nitrogens with one attached hydrogen (secondary N) is 1. The third-order valence-corrected chi connectivity index (χ3v) is 4.98. The molecule has 1 aromatic carbocycles. The van der Waals surface area contributed by atoms with E-state index in [2.05, 4.69) is 24.3 Å². The van der Waals surface area contributed by atoms with Gasteiger partial charge in [0.05, 0.1) is 12.7 Å². The average molecular weight is 322 g/mol. The van der Waals surface area contributed by atoms with Crippen LogP contribution in [0.1, 0.15) is 48.9 Å². The monoisotopic (exact) mass is 322 g/mol. The third-order valence-electron chi connectivity index (χ3n) is 4.98. The summed E-state index contributed by atoms with van der Waals surface area (Å²) in [5, 5.41) is 2.94. The minimum absolute atomic E-state index is 0.0326. The fraction of sp³-hybridized carbons (Fsp3) is 0.611. The lowest BCUT2D eigenvalue weighted by molar-refractivity contribution is 0.0865. The number of carbonyl (C=O) groups is 1. The standard InChI is InChI=1S/C18H27FN2O2/c1-21(2)18(10-6-4-5-7-11-18)13-20-17(22)15-9-8-14(23-3)12-16(15)19/h8-9,12H,4-7,10-11,13H2,1-3H3,(H,20,22). The highest BCUT2D eigenvalue weighted by molar-refractivity contribution is 5.94. The first kappa shape index (κ1) is 17.7. The molecule has 1 N–H and O–H groups in total. The van der Waals surface area contributed by atoms with Gasteiger partial charge in [-0.3, -0.25) is 4.79 Å². The maximum atomic E-state index is 14.0. The lowest BCUT2D eigenvalue weighted by atomic mass is 9.88. The first-order valence-electron chi connectivity index (χ1n) is 8.28. The quantitative estimate of drug-likeness (QED) is 0.846.